The SMILES string of the molecule is CCOc1c(-c2noc3c2CC2(CC2)c2ccc(Br)cc2-3)cccc1S(N)(=O)=O. The van der Waals surface area contributed by atoms with E-state index in [0.29, 0.717) is 17.9 Å². The number of hydrogen-bond donors (Lipinski definition) is 1. The maximum absolute atomic E-state index is 12.1. The van der Waals surface area contributed by atoms with Gasteiger partial charge in [-0.1, -0.05) is 33.2 Å². The maximum Gasteiger partial charge on any atom is 0.241 e. The Labute approximate surface area is 177 Å². The van der Waals surface area contributed by atoms with Gasteiger partial charge >= 0.3 is 0 Å². The zero-order valence-electron chi connectivity index (χ0n) is 15.7. The van der Waals surface area contributed by atoms with E-state index in [4.69, 9.17) is 14.4 Å². The molecule has 0 radical (unpaired) electrons. The summed E-state index contributed by atoms with van der Waals surface area (Å²) in [4.78, 5) is -0.0475. The van der Waals surface area contributed by atoms with Gasteiger partial charge in [0.05, 0.1) is 6.61 Å². The lowest BCUT2D eigenvalue weighted by atomic mass is 9.78. The second-order valence-corrected chi connectivity index (χ2v) is 10.0. The summed E-state index contributed by atoms with van der Waals surface area (Å²) in [7, 11) is -3.94. The van der Waals surface area contributed by atoms with Gasteiger partial charge in [-0.3, -0.25) is 0 Å². The van der Waals surface area contributed by atoms with Gasteiger partial charge in [0.1, 0.15) is 16.3 Å². The first-order valence-corrected chi connectivity index (χ1v) is 11.8. The van der Waals surface area contributed by atoms with Crippen molar-refractivity contribution in [2.24, 2.45) is 5.14 Å². The van der Waals surface area contributed by atoms with Crippen LogP contribution >= 0.6 is 15.9 Å². The molecule has 0 aliphatic heterocycles. The molecule has 1 saturated carbocycles. The van der Waals surface area contributed by atoms with Crippen LogP contribution in [0.15, 0.2) is 50.3 Å². The van der Waals surface area contributed by atoms with Crippen LogP contribution in [-0.2, 0) is 21.9 Å². The third-order valence-corrected chi connectivity index (χ3v) is 7.21. The van der Waals surface area contributed by atoms with Gasteiger partial charge < -0.3 is 9.26 Å². The maximum atomic E-state index is 12.1. The summed E-state index contributed by atoms with van der Waals surface area (Å²) >= 11 is 3.55. The van der Waals surface area contributed by atoms with Gasteiger partial charge in [0.15, 0.2) is 5.76 Å². The number of nitrogens with two attached hydrogens (primary N) is 1. The van der Waals surface area contributed by atoms with E-state index in [1.807, 2.05) is 0 Å². The molecule has 2 N–H and O–H groups in total. The molecule has 0 unspecified atom stereocenters. The van der Waals surface area contributed by atoms with E-state index in [1.54, 1.807) is 19.1 Å². The third-order valence-electron chi connectivity index (χ3n) is 5.78. The second kappa shape index (κ2) is 6.42. The molecular formula is C21H19BrN2O4S. The normalized spacial score (nSPS) is 16.4. The summed E-state index contributed by atoms with van der Waals surface area (Å²) in [6.07, 6.45) is 3.03. The number of primary sulfonamides is 1. The number of nitrogens with zero attached hydrogens (tertiary/aromatic N) is 1. The van der Waals surface area contributed by atoms with Crippen LogP contribution in [0.25, 0.3) is 22.6 Å². The van der Waals surface area contributed by atoms with E-state index in [1.165, 1.54) is 11.6 Å². The predicted molar refractivity (Wildman–Crippen MR) is 112 cm³/mol. The van der Waals surface area contributed by atoms with E-state index in [2.05, 4.69) is 39.3 Å². The Hall–Kier alpha value is -2.16. The molecule has 2 aromatic carbocycles. The molecule has 3 aromatic rings. The summed E-state index contributed by atoms with van der Waals surface area (Å²) in [5, 5.41) is 9.77. The minimum atomic E-state index is -3.94. The number of ether oxygens (including phenoxy) is 1. The van der Waals surface area contributed by atoms with Crippen LogP contribution in [0.5, 0.6) is 5.75 Å². The highest BCUT2D eigenvalue weighted by Crippen LogP contribution is 2.59. The van der Waals surface area contributed by atoms with Gasteiger partial charge in [0.2, 0.25) is 10.0 Å². The fourth-order valence-electron chi connectivity index (χ4n) is 4.31. The van der Waals surface area contributed by atoms with Gasteiger partial charge in [0, 0.05) is 26.6 Å². The Morgan fingerprint density at radius 1 is 1.24 bits per heavy atom. The van der Waals surface area contributed by atoms with Crippen molar-refractivity contribution in [1.82, 2.24) is 5.16 Å². The molecular weight excluding hydrogens is 456 g/mol. The average Bonchev–Trinajstić information content (AvgIpc) is 3.31. The molecule has 1 spiro atoms. The number of halogens is 1. The number of aromatic nitrogens is 1. The van der Waals surface area contributed by atoms with Crippen LogP contribution < -0.4 is 9.88 Å². The van der Waals surface area contributed by atoms with Crippen LogP contribution in [-0.4, -0.2) is 20.2 Å². The molecule has 0 atom stereocenters. The second-order valence-electron chi connectivity index (χ2n) is 7.60. The lowest BCUT2D eigenvalue weighted by Crippen LogP contribution is -2.17. The Morgan fingerprint density at radius 3 is 2.72 bits per heavy atom. The number of hydrogen-bond acceptors (Lipinski definition) is 5. The molecule has 6 nitrogen and oxygen atoms in total. The Kier molecular flexibility index (Phi) is 4.17. The fourth-order valence-corrected chi connectivity index (χ4v) is 5.37. The fraction of sp³-hybridized carbons (Fsp3) is 0.286. The van der Waals surface area contributed by atoms with Crippen molar-refractivity contribution >= 4 is 26.0 Å². The highest BCUT2D eigenvalue weighted by molar-refractivity contribution is 9.10. The van der Waals surface area contributed by atoms with Crippen molar-refractivity contribution in [1.29, 1.82) is 0 Å². The lowest BCUT2D eigenvalue weighted by Gasteiger charge is -2.25. The zero-order valence-corrected chi connectivity index (χ0v) is 18.1. The van der Waals surface area contributed by atoms with Crippen molar-refractivity contribution in [3.05, 3.63) is 52.0 Å². The molecule has 8 heteroatoms. The summed E-state index contributed by atoms with van der Waals surface area (Å²) < 4.78 is 36.7. The minimum absolute atomic E-state index is 0.0475. The van der Waals surface area contributed by atoms with Crippen LogP contribution in [0.1, 0.15) is 30.9 Å². The number of benzene rings is 2. The van der Waals surface area contributed by atoms with Gasteiger partial charge in [-0.2, -0.15) is 0 Å². The molecule has 1 fully saturated rings. The highest BCUT2D eigenvalue weighted by atomic mass is 79.9. The number of sulfonamides is 1. The molecule has 0 amide bonds. The van der Waals surface area contributed by atoms with Crippen molar-refractivity contribution < 1.29 is 17.7 Å². The van der Waals surface area contributed by atoms with Gasteiger partial charge in [-0.25, -0.2) is 13.6 Å². The first kappa shape index (κ1) is 18.8. The number of fused-ring (bicyclic) bond motifs is 4. The van der Waals surface area contributed by atoms with E-state index < -0.39 is 10.0 Å². The molecule has 2 aliphatic rings. The Bertz CT molecular complexity index is 1250. The van der Waals surface area contributed by atoms with Crippen LogP contribution in [0.2, 0.25) is 0 Å². The van der Waals surface area contributed by atoms with Crippen LogP contribution in [0.4, 0.5) is 0 Å². The molecule has 150 valence electrons. The molecule has 5 rings (SSSR count). The van der Waals surface area contributed by atoms with Crippen molar-refractivity contribution in [2.45, 2.75) is 36.5 Å². The van der Waals surface area contributed by atoms with Crippen molar-refractivity contribution in [2.75, 3.05) is 6.61 Å². The monoisotopic (exact) mass is 474 g/mol. The van der Waals surface area contributed by atoms with Gasteiger partial charge in [-0.15, -0.1) is 0 Å². The molecule has 1 heterocycles. The molecule has 1 aromatic heterocycles. The summed E-state index contributed by atoms with van der Waals surface area (Å²) in [6.45, 7) is 2.11. The van der Waals surface area contributed by atoms with E-state index in [9.17, 15) is 8.42 Å². The lowest BCUT2D eigenvalue weighted by molar-refractivity contribution is 0.332. The van der Waals surface area contributed by atoms with Crippen LogP contribution in [0.3, 0.4) is 0 Å². The molecule has 0 bridgehead atoms. The minimum Gasteiger partial charge on any atom is -0.492 e. The van der Waals surface area contributed by atoms with Gasteiger partial charge in [-0.05, 0) is 56.0 Å². The largest absolute Gasteiger partial charge is 0.492 e. The average molecular weight is 475 g/mol. The van der Waals surface area contributed by atoms with Crippen molar-refractivity contribution in [3.8, 4) is 28.3 Å². The summed E-state index contributed by atoms with van der Waals surface area (Å²) in [5.41, 5.74) is 4.62. The van der Waals surface area contributed by atoms with Crippen molar-refractivity contribution in [3.63, 3.8) is 0 Å². The van der Waals surface area contributed by atoms with Crippen LogP contribution in [0, 0.1) is 0 Å². The highest BCUT2D eigenvalue weighted by Gasteiger charge is 2.50. The Morgan fingerprint density at radius 2 is 2.03 bits per heavy atom. The first-order valence-electron chi connectivity index (χ1n) is 9.42. The molecule has 29 heavy (non-hydrogen) atoms. The summed E-state index contributed by atoms with van der Waals surface area (Å²) in [5.74, 6) is 0.954. The predicted octanol–water partition coefficient (Wildman–Crippen LogP) is 4.40. The molecule has 2 aliphatic carbocycles. The third kappa shape index (κ3) is 2.93. The zero-order chi connectivity index (χ0) is 20.4. The van der Waals surface area contributed by atoms with Gasteiger partial charge in [0.25, 0.3) is 0 Å². The van der Waals surface area contributed by atoms with E-state index in [-0.39, 0.29) is 16.1 Å². The standard InChI is InChI=1S/C21H19BrN2O4S/c1-2-27-20-13(4-3-5-17(20)29(23,25)26)18-15-11-21(8-9-21)16-7-6-12(22)10-14(16)19(15)28-24-18/h3-7,10H,2,8-9,11H2,1H3,(H2,23,25,26). The van der Waals surface area contributed by atoms with E-state index >= 15 is 0 Å². The summed E-state index contributed by atoms with van der Waals surface area (Å²) in [6, 6.07) is 11.2. The quantitative estimate of drug-likeness (QED) is 0.604. The Balaban J connectivity index is 1.75. The first-order chi connectivity index (χ1) is 13.8. The topological polar surface area (TPSA) is 95.4 Å². The number of para-hydroxylation sites is 1. The molecule has 0 saturated heterocycles. The van der Waals surface area contributed by atoms with E-state index in [0.717, 1.165) is 40.6 Å². The smallest absolute Gasteiger partial charge is 0.241 e. The number of rotatable bonds is 4.